The van der Waals surface area contributed by atoms with Crippen LogP contribution in [0.15, 0.2) is 66.9 Å². The monoisotopic (exact) mass is 321 g/mol. The molecule has 3 aromatic rings. The molecule has 24 heavy (non-hydrogen) atoms. The molecule has 0 saturated heterocycles. The topological polar surface area (TPSA) is 71.8 Å². The van der Waals surface area contributed by atoms with E-state index in [2.05, 4.69) is 20.9 Å². The number of para-hydroxylation sites is 1. The highest BCUT2D eigenvalue weighted by Gasteiger charge is 2.05. The van der Waals surface area contributed by atoms with Crippen molar-refractivity contribution >= 4 is 11.6 Å². The number of aromatic nitrogens is 3. The second-order valence-corrected chi connectivity index (χ2v) is 5.39. The Morgan fingerprint density at radius 3 is 2.46 bits per heavy atom. The van der Waals surface area contributed by atoms with Gasteiger partial charge in [0.05, 0.1) is 25.8 Å². The van der Waals surface area contributed by atoms with Crippen molar-refractivity contribution in [2.24, 2.45) is 0 Å². The van der Waals surface area contributed by atoms with Gasteiger partial charge in [0.15, 0.2) is 0 Å². The van der Waals surface area contributed by atoms with E-state index >= 15 is 0 Å². The number of carbonyl (C=O) groups excluding carboxylic acids is 1. The number of hydrogen-bond acceptors (Lipinski definition) is 4. The zero-order valence-corrected chi connectivity index (χ0v) is 13.2. The maximum Gasteiger partial charge on any atom is 0.239 e. The molecule has 0 aliphatic carbocycles. The molecule has 2 N–H and O–H groups in total. The standard InChI is InChI=1S/C18H19N5O/c24-18(12-19-16-9-5-2-6-10-16)20-11-17-14-23(22-21-17)13-15-7-3-1-4-8-15/h1-10,14,19H,11-13H2,(H,20,24). The molecule has 122 valence electrons. The molecule has 2 aromatic carbocycles. The summed E-state index contributed by atoms with van der Waals surface area (Å²) in [4.78, 5) is 11.9. The van der Waals surface area contributed by atoms with Crippen molar-refractivity contribution in [2.75, 3.05) is 11.9 Å². The van der Waals surface area contributed by atoms with E-state index in [1.165, 1.54) is 0 Å². The Kier molecular flexibility index (Phi) is 5.19. The van der Waals surface area contributed by atoms with Crippen LogP contribution in [0.3, 0.4) is 0 Å². The van der Waals surface area contributed by atoms with Crippen molar-refractivity contribution in [3.63, 3.8) is 0 Å². The highest BCUT2D eigenvalue weighted by molar-refractivity contribution is 5.80. The largest absolute Gasteiger partial charge is 0.376 e. The number of hydrogen-bond donors (Lipinski definition) is 2. The SMILES string of the molecule is O=C(CNc1ccccc1)NCc1cn(Cc2ccccc2)nn1. The van der Waals surface area contributed by atoms with Gasteiger partial charge in [0.2, 0.25) is 5.91 Å². The van der Waals surface area contributed by atoms with E-state index in [1.54, 1.807) is 4.68 Å². The first kappa shape index (κ1) is 15.7. The molecule has 0 saturated carbocycles. The van der Waals surface area contributed by atoms with Gasteiger partial charge in [0.25, 0.3) is 0 Å². The molecule has 1 heterocycles. The molecule has 0 fully saturated rings. The van der Waals surface area contributed by atoms with E-state index < -0.39 is 0 Å². The van der Waals surface area contributed by atoms with Crippen LogP contribution in [0.5, 0.6) is 0 Å². The van der Waals surface area contributed by atoms with Gasteiger partial charge in [-0.2, -0.15) is 0 Å². The van der Waals surface area contributed by atoms with E-state index in [0.717, 1.165) is 16.9 Å². The molecule has 0 unspecified atom stereocenters. The van der Waals surface area contributed by atoms with Gasteiger partial charge >= 0.3 is 0 Å². The van der Waals surface area contributed by atoms with Crippen LogP contribution >= 0.6 is 0 Å². The molecule has 0 aliphatic heterocycles. The molecule has 1 aromatic heterocycles. The van der Waals surface area contributed by atoms with Crippen LogP contribution in [0.1, 0.15) is 11.3 Å². The fourth-order valence-corrected chi connectivity index (χ4v) is 2.26. The van der Waals surface area contributed by atoms with Crippen molar-refractivity contribution in [3.05, 3.63) is 78.1 Å². The lowest BCUT2D eigenvalue weighted by molar-refractivity contribution is -0.119. The van der Waals surface area contributed by atoms with E-state index in [-0.39, 0.29) is 12.5 Å². The summed E-state index contributed by atoms with van der Waals surface area (Å²) in [6.45, 7) is 1.25. The smallest absolute Gasteiger partial charge is 0.239 e. The molecule has 6 heteroatoms. The van der Waals surface area contributed by atoms with Gasteiger partial charge in [0, 0.05) is 5.69 Å². The van der Waals surface area contributed by atoms with Crippen molar-refractivity contribution in [3.8, 4) is 0 Å². The predicted molar refractivity (Wildman–Crippen MR) is 92.3 cm³/mol. The van der Waals surface area contributed by atoms with Gasteiger partial charge < -0.3 is 10.6 Å². The van der Waals surface area contributed by atoms with E-state index in [4.69, 9.17) is 0 Å². The number of anilines is 1. The first-order chi connectivity index (χ1) is 11.8. The maximum absolute atomic E-state index is 11.9. The summed E-state index contributed by atoms with van der Waals surface area (Å²) >= 11 is 0. The van der Waals surface area contributed by atoms with Crippen molar-refractivity contribution in [1.29, 1.82) is 0 Å². The molecular formula is C18H19N5O. The Balaban J connectivity index is 1.44. The van der Waals surface area contributed by atoms with Crippen LogP contribution in [0.25, 0.3) is 0 Å². The quantitative estimate of drug-likeness (QED) is 0.699. The van der Waals surface area contributed by atoms with E-state index in [9.17, 15) is 4.79 Å². The van der Waals surface area contributed by atoms with Crippen LogP contribution < -0.4 is 10.6 Å². The van der Waals surface area contributed by atoms with Crippen LogP contribution in [0.2, 0.25) is 0 Å². The second-order valence-electron chi connectivity index (χ2n) is 5.39. The normalized spacial score (nSPS) is 10.3. The fourth-order valence-electron chi connectivity index (χ4n) is 2.26. The average molecular weight is 321 g/mol. The minimum atomic E-state index is -0.0866. The number of carbonyl (C=O) groups is 1. The second kappa shape index (κ2) is 7.92. The molecule has 1 amide bonds. The summed E-state index contributed by atoms with van der Waals surface area (Å²) in [5.41, 5.74) is 2.81. The van der Waals surface area contributed by atoms with Gasteiger partial charge in [-0.05, 0) is 17.7 Å². The predicted octanol–water partition coefficient (Wildman–Crippen LogP) is 2.05. The summed E-state index contributed by atoms with van der Waals surface area (Å²) in [5.74, 6) is -0.0866. The Morgan fingerprint density at radius 1 is 1.00 bits per heavy atom. The van der Waals surface area contributed by atoms with Gasteiger partial charge in [-0.3, -0.25) is 4.79 Å². The summed E-state index contributed by atoms with van der Waals surface area (Å²) in [5, 5.41) is 14.1. The van der Waals surface area contributed by atoms with E-state index in [0.29, 0.717) is 13.1 Å². The lowest BCUT2D eigenvalue weighted by atomic mass is 10.2. The minimum Gasteiger partial charge on any atom is -0.376 e. The highest BCUT2D eigenvalue weighted by Crippen LogP contribution is 2.04. The minimum absolute atomic E-state index is 0.0866. The highest BCUT2D eigenvalue weighted by atomic mass is 16.1. The summed E-state index contributed by atoms with van der Waals surface area (Å²) in [6, 6.07) is 19.7. The number of nitrogens with one attached hydrogen (secondary N) is 2. The lowest BCUT2D eigenvalue weighted by Gasteiger charge is -2.06. The van der Waals surface area contributed by atoms with Gasteiger partial charge in [-0.15, -0.1) is 5.10 Å². The first-order valence-corrected chi connectivity index (χ1v) is 7.78. The third kappa shape index (κ3) is 4.67. The van der Waals surface area contributed by atoms with Crippen LogP contribution in [-0.4, -0.2) is 27.4 Å². The fraction of sp³-hybridized carbons (Fsp3) is 0.167. The summed E-state index contributed by atoms with van der Waals surface area (Å²) < 4.78 is 1.76. The Bertz CT molecular complexity index is 770. The lowest BCUT2D eigenvalue weighted by Crippen LogP contribution is -2.29. The third-order valence-corrected chi connectivity index (χ3v) is 3.47. The number of benzene rings is 2. The van der Waals surface area contributed by atoms with Crippen LogP contribution in [-0.2, 0) is 17.9 Å². The Labute approximate surface area is 140 Å². The van der Waals surface area contributed by atoms with Gasteiger partial charge in [-0.1, -0.05) is 53.7 Å². The average Bonchev–Trinajstić information content (AvgIpc) is 3.07. The summed E-state index contributed by atoms with van der Waals surface area (Å²) in [7, 11) is 0. The Hall–Kier alpha value is -3.15. The molecule has 0 aliphatic rings. The molecule has 0 radical (unpaired) electrons. The molecular weight excluding hydrogens is 302 g/mol. The van der Waals surface area contributed by atoms with E-state index in [1.807, 2.05) is 66.9 Å². The molecule has 6 nitrogen and oxygen atoms in total. The Morgan fingerprint density at radius 2 is 1.71 bits per heavy atom. The van der Waals surface area contributed by atoms with Gasteiger partial charge in [0.1, 0.15) is 5.69 Å². The molecule has 0 atom stereocenters. The zero-order chi connectivity index (χ0) is 16.6. The molecule has 0 bridgehead atoms. The molecule has 0 spiro atoms. The first-order valence-electron chi connectivity index (χ1n) is 7.78. The maximum atomic E-state index is 11.9. The molecule has 3 rings (SSSR count). The zero-order valence-electron chi connectivity index (χ0n) is 13.2. The van der Waals surface area contributed by atoms with Crippen molar-refractivity contribution in [2.45, 2.75) is 13.1 Å². The number of nitrogens with zero attached hydrogens (tertiary/aromatic N) is 3. The van der Waals surface area contributed by atoms with Crippen LogP contribution in [0, 0.1) is 0 Å². The summed E-state index contributed by atoms with van der Waals surface area (Å²) in [6.07, 6.45) is 1.85. The number of amides is 1. The van der Waals surface area contributed by atoms with Crippen LogP contribution in [0.4, 0.5) is 5.69 Å². The third-order valence-electron chi connectivity index (χ3n) is 3.47. The van der Waals surface area contributed by atoms with Gasteiger partial charge in [-0.25, -0.2) is 4.68 Å². The number of rotatable bonds is 7. The van der Waals surface area contributed by atoms with Crippen molar-refractivity contribution in [1.82, 2.24) is 20.3 Å². The van der Waals surface area contributed by atoms with Crippen molar-refractivity contribution < 1.29 is 4.79 Å².